The summed E-state index contributed by atoms with van der Waals surface area (Å²) in [6.45, 7) is 7.04. The molecule has 1 unspecified atom stereocenters. The zero-order valence-electron chi connectivity index (χ0n) is 11.8. The zero-order chi connectivity index (χ0) is 13.6. The van der Waals surface area contributed by atoms with Gasteiger partial charge in [-0.1, -0.05) is 20.8 Å². The molecule has 0 radical (unpaired) electrons. The van der Waals surface area contributed by atoms with E-state index in [0.717, 1.165) is 50.3 Å². The van der Waals surface area contributed by atoms with Gasteiger partial charge in [0.15, 0.2) is 5.82 Å². The van der Waals surface area contributed by atoms with Crippen LogP contribution < -0.4 is 5.73 Å². The molecule has 104 valence electrons. The predicted octanol–water partition coefficient (Wildman–Crippen LogP) is 1.28. The first kappa shape index (κ1) is 15.1. The van der Waals surface area contributed by atoms with E-state index in [1.165, 1.54) is 0 Å². The molecule has 0 saturated heterocycles. The Bertz CT molecular complexity index is 358. The lowest BCUT2D eigenvalue weighted by molar-refractivity contribution is 0.178. The lowest BCUT2D eigenvalue weighted by Gasteiger charge is -2.25. The summed E-state index contributed by atoms with van der Waals surface area (Å²) in [6, 6.07) is 0. The fourth-order valence-electron chi connectivity index (χ4n) is 1.97. The van der Waals surface area contributed by atoms with Crippen LogP contribution in [0, 0.1) is 0 Å². The fourth-order valence-corrected chi connectivity index (χ4v) is 1.97. The van der Waals surface area contributed by atoms with Crippen LogP contribution in [0.2, 0.25) is 0 Å². The number of hydrogen-bond acceptors (Lipinski definition) is 4. The summed E-state index contributed by atoms with van der Waals surface area (Å²) in [5.41, 5.74) is 5.62. The molecule has 3 N–H and O–H groups in total. The number of nitrogens with two attached hydrogens (primary N) is 1. The molecule has 1 atom stereocenters. The highest BCUT2D eigenvalue weighted by molar-refractivity contribution is 4.92. The second kappa shape index (κ2) is 6.85. The van der Waals surface area contributed by atoms with Crippen molar-refractivity contribution in [2.24, 2.45) is 5.73 Å². The molecule has 1 rings (SSSR count). The number of aromatic nitrogens is 3. The Hall–Kier alpha value is -0.940. The summed E-state index contributed by atoms with van der Waals surface area (Å²) in [5.74, 6) is 1.94. The first-order valence-electron chi connectivity index (χ1n) is 6.90. The van der Waals surface area contributed by atoms with Crippen molar-refractivity contribution < 1.29 is 5.11 Å². The van der Waals surface area contributed by atoms with Gasteiger partial charge in [0, 0.05) is 24.9 Å². The number of aliphatic hydroxyl groups is 1. The SMILES string of the molecule is CCc1nc(CC)n(CCCC(N)(CC)CO)n1. The van der Waals surface area contributed by atoms with E-state index < -0.39 is 5.54 Å². The van der Waals surface area contributed by atoms with E-state index in [2.05, 4.69) is 23.9 Å². The average molecular weight is 254 g/mol. The highest BCUT2D eigenvalue weighted by Crippen LogP contribution is 2.14. The minimum absolute atomic E-state index is 0.0434. The van der Waals surface area contributed by atoms with Crippen molar-refractivity contribution in [2.45, 2.75) is 65.0 Å². The maximum absolute atomic E-state index is 9.27. The van der Waals surface area contributed by atoms with Crippen LogP contribution in [0.5, 0.6) is 0 Å². The lowest BCUT2D eigenvalue weighted by atomic mass is 9.93. The molecule has 1 heterocycles. The second-order valence-corrected chi connectivity index (χ2v) is 4.85. The number of rotatable bonds is 8. The van der Waals surface area contributed by atoms with E-state index >= 15 is 0 Å². The minimum Gasteiger partial charge on any atom is -0.394 e. The summed E-state index contributed by atoms with van der Waals surface area (Å²) >= 11 is 0. The summed E-state index contributed by atoms with van der Waals surface area (Å²) in [4.78, 5) is 4.47. The molecule has 0 spiro atoms. The van der Waals surface area contributed by atoms with Crippen LogP contribution in [0.3, 0.4) is 0 Å². The molecule has 18 heavy (non-hydrogen) atoms. The van der Waals surface area contributed by atoms with E-state index in [4.69, 9.17) is 5.73 Å². The maximum atomic E-state index is 9.27. The molecule has 0 amide bonds. The van der Waals surface area contributed by atoms with E-state index in [-0.39, 0.29) is 6.61 Å². The molecule has 1 aromatic rings. The molecule has 0 bridgehead atoms. The topological polar surface area (TPSA) is 77.0 Å². The third-order valence-corrected chi connectivity index (χ3v) is 3.49. The molecular formula is C13H26N4O. The van der Waals surface area contributed by atoms with Gasteiger partial charge in [0.25, 0.3) is 0 Å². The van der Waals surface area contributed by atoms with Crippen LogP contribution in [0.15, 0.2) is 0 Å². The summed E-state index contributed by atoms with van der Waals surface area (Å²) < 4.78 is 1.98. The number of nitrogens with zero attached hydrogens (tertiary/aromatic N) is 3. The van der Waals surface area contributed by atoms with Crippen molar-refractivity contribution in [3.8, 4) is 0 Å². The molecule has 1 aromatic heterocycles. The molecule has 0 fully saturated rings. The van der Waals surface area contributed by atoms with E-state index in [1.54, 1.807) is 0 Å². The number of aliphatic hydroxyl groups excluding tert-OH is 1. The summed E-state index contributed by atoms with van der Waals surface area (Å²) in [7, 11) is 0. The largest absolute Gasteiger partial charge is 0.394 e. The summed E-state index contributed by atoms with van der Waals surface area (Å²) in [5, 5.41) is 13.7. The minimum atomic E-state index is -0.444. The van der Waals surface area contributed by atoms with Crippen LogP contribution in [-0.4, -0.2) is 32.0 Å². The second-order valence-electron chi connectivity index (χ2n) is 4.85. The molecule has 5 heteroatoms. The van der Waals surface area contributed by atoms with Gasteiger partial charge in [0.1, 0.15) is 5.82 Å². The van der Waals surface area contributed by atoms with Crippen molar-refractivity contribution in [1.29, 1.82) is 0 Å². The van der Waals surface area contributed by atoms with Crippen LogP contribution >= 0.6 is 0 Å². The monoisotopic (exact) mass is 254 g/mol. The van der Waals surface area contributed by atoms with Gasteiger partial charge in [-0.05, 0) is 19.3 Å². The van der Waals surface area contributed by atoms with Gasteiger partial charge in [-0.25, -0.2) is 9.67 Å². The van der Waals surface area contributed by atoms with Crippen molar-refractivity contribution in [1.82, 2.24) is 14.8 Å². The Morgan fingerprint density at radius 3 is 2.50 bits per heavy atom. The lowest BCUT2D eigenvalue weighted by Crippen LogP contribution is -2.43. The van der Waals surface area contributed by atoms with Gasteiger partial charge in [0.05, 0.1) is 6.61 Å². The molecule has 0 aromatic carbocycles. The Morgan fingerprint density at radius 1 is 1.28 bits per heavy atom. The van der Waals surface area contributed by atoms with Crippen molar-refractivity contribution in [3.63, 3.8) is 0 Å². The van der Waals surface area contributed by atoms with Gasteiger partial charge < -0.3 is 10.8 Å². The molecule has 5 nitrogen and oxygen atoms in total. The Balaban J connectivity index is 2.55. The third-order valence-electron chi connectivity index (χ3n) is 3.49. The van der Waals surface area contributed by atoms with Gasteiger partial charge in [-0.3, -0.25) is 0 Å². The quantitative estimate of drug-likeness (QED) is 0.732. The van der Waals surface area contributed by atoms with E-state index in [9.17, 15) is 5.11 Å². The summed E-state index contributed by atoms with van der Waals surface area (Å²) in [6.07, 6.45) is 4.29. The fraction of sp³-hybridized carbons (Fsp3) is 0.846. The van der Waals surface area contributed by atoms with Gasteiger partial charge in [-0.2, -0.15) is 5.10 Å². The molecule has 0 saturated carbocycles. The van der Waals surface area contributed by atoms with Gasteiger partial charge in [0.2, 0.25) is 0 Å². The van der Waals surface area contributed by atoms with Gasteiger partial charge >= 0.3 is 0 Å². The average Bonchev–Trinajstić information content (AvgIpc) is 2.81. The van der Waals surface area contributed by atoms with E-state index in [1.807, 2.05) is 11.6 Å². The standard InChI is InChI=1S/C13H26N4O/c1-4-11-15-12(5-2)17(16-11)9-7-8-13(14,6-3)10-18/h18H,4-10,14H2,1-3H3. The maximum Gasteiger partial charge on any atom is 0.150 e. The molecule has 0 aliphatic carbocycles. The zero-order valence-corrected chi connectivity index (χ0v) is 11.8. The molecule has 0 aliphatic rings. The first-order chi connectivity index (χ1) is 8.58. The van der Waals surface area contributed by atoms with Crippen LogP contribution in [-0.2, 0) is 19.4 Å². The van der Waals surface area contributed by atoms with Crippen molar-refractivity contribution in [3.05, 3.63) is 11.6 Å². The number of hydrogen-bond donors (Lipinski definition) is 2. The highest BCUT2D eigenvalue weighted by atomic mass is 16.3. The van der Waals surface area contributed by atoms with E-state index in [0.29, 0.717) is 0 Å². The van der Waals surface area contributed by atoms with Crippen LogP contribution in [0.4, 0.5) is 0 Å². The smallest absolute Gasteiger partial charge is 0.150 e. The van der Waals surface area contributed by atoms with Crippen molar-refractivity contribution in [2.75, 3.05) is 6.61 Å². The van der Waals surface area contributed by atoms with Crippen LogP contribution in [0.25, 0.3) is 0 Å². The Labute approximate surface area is 109 Å². The van der Waals surface area contributed by atoms with Crippen LogP contribution in [0.1, 0.15) is 51.7 Å². The predicted molar refractivity (Wildman–Crippen MR) is 72.3 cm³/mol. The normalized spacial score (nSPS) is 14.7. The molecular weight excluding hydrogens is 228 g/mol. The Morgan fingerprint density at radius 2 is 2.00 bits per heavy atom. The van der Waals surface area contributed by atoms with Gasteiger partial charge in [-0.15, -0.1) is 0 Å². The Kier molecular flexibility index (Phi) is 5.75. The first-order valence-corrected chi connectivity index (χ1v) is 6.90. The number of aryl methyl sites for hydroxylation is 3. The highest BCUT2D eigenvalue weighted by Gasteiger charge is 2.21. The molecule has 0 aliphatic heterocycles. The van der Waals surface area contributed by atoms with Crippen molar-refractivity contribution >= 4 is 0 Å². The third kappa shape index (κ3) is 3.78.